The highest BCUT2D eigenvalue weighted by atomic mass is 32.2. The Morgan fingerprint density at radius 2 is 1.90 bits per heavy atom. The van der Waals surface area contributed by atoms with Crippen LogP contribution in [0.3, 0.4) is 0 Å². The molecule has 1 aromatic carbocycles. The number of hydrogen-bond donors (Lipinski definition) is 2. The van der Waals surface area contributed by atoms with Crippen molar-refractivity contribution in [2.24, 2.45) is 4.99 Å². The first-order valence-corrected chi connectivity index (χ1v) is 10.3. The predicted molar refractivity (Wildman–Crippen MR) is 116 cm³/mol. The molecule has 0 saturated heterocycles. The lowest BCUT2D eigenvalue weighted by Crippen LogP contribution is -2.34. The standard InChI is InChI=1S/C21H26FN3O4S/c1-6-29-20(27)18-15(11-30-21(23-3)24-4)25-12(2)16(19(26)28-5)17(18)13-7-9-14(22)10-8-13/h7-10,17,25H,6,11H2,1-5H3,(H,23,24). The number of nitrogens with zero attached hydrogens (tertiary/aromatic N) is 1. The van der Waals surface area contributed by atoms with Gasteiger partial charge in [-0.2, -0.15) is 0 Å². The van der Waals surface area contributed by atoms with Crippen LogP contribution in [0.25, 0.3) is 0 Å². The van der Waals surface area contributed by atoms with E-state index in [2.05, 4.69) is 15.6 Å². The minimum Gasteiger partial charge on any atom is -0.466 e. The van der Waals surface area contributed by atoms with Gasteiger partial charge in [0.2, 0.25) is 0 Å². The van der Waals surface area contributed by atoms with Gasteiger partial charge < -0.3 is 20.1 Å². The molecule has 1 aliphatic heterocycles. The van der Waals surface area contributed by atoms with Gasteiger partial charge in [-0.05, 0) is 31.5 Å². The van der Waals surface area contributed by atoms with E-state index in [0.717, 1.165) is 0 Å². The summed E-state index contributed by atoms with van der Waals surface area (Å²) in [4.78, 5) is 29.7. The summed E-state index contributed by atoms with van der Waals surface area (Å²) >= 11 is 1.40. The maximum absolute atomic E-state index is 13.6. The second-order valence-corrected chi connectivity index (χ2v) is 7.28. The summed E-state index contributed by atoms with van der Waals surface area (Å²) in [6.07, 6.45) is 0. The highest BCUT2D eigenvalue weighted by Gasteiger charge is 2.38. The molecule has 0 saturated carbocycles. The maximum atomic E-state index is 13.6. The number of allylic oxidation sites excluding steroid dienone is 1. The minimum atomic E-state index is -0.759. The summed E-state index contributed by atoms with van der Waals surface area (Å²) < 4.78 is 23.8. The molecule has 0 fully saturated rings. The first-order valence-electron chi connectivity index (χ1n) is 9.36. The predicted octanol–water partition coefficient (Wildman–Crippen LogP) is 2.72. The Morgan fingerprint density at radius 3 is 2.43 bits per heavy atom. The Kier molecular flexibility index (Phi) is 8.46. The van der Waals surface area contributed by atoms with E-state index in [1.807, 2.05) is 0 Å². The monoisotopic (exact) mass is 435 g/mol. The van der Waals surface area contributed by atoms with Crippen molar-refractivity contribution in [3.63, 3.8) is 0 Å². The number of carbonyl (C=O) groups is 2. The number of dihydropyridines is 1. The minimum absolute atomic E-state index is 0.174. The number of esters is 2. The maximum Gasteiger partial charge on any atom is 0.336 e. The number of thioether (sulfide) groups is 1. The summed E-state index contributed by atoms with van der Waals surface area (Å²) in [5, 5.41) is 6.83. The van der Waals surface area contributed by atoms with Crippen molar-refractivity contribution >= 4 is 28.9 Å². The van der Waals surface area contributed by atoms with Crippen LogP contribution in [0.5, 0.6) is 0 Å². The Morgan fingerprint density at radius 1 is 1.23 bits per heavy atom. The lowest BCUT2D eigenvalue weighted by atomic mass is 9.80. The molecule has 0 bridgehead atoms. The summed E-state index contributed by atoms with van der Waals surface area (Å²) in [6, 6.07) is 5.69. The van der Waals surface area contributed by atoms with Crippen molar-refractivity contribution in [2.45, 2.75) is 19.8 Å². The molecule has 7 nitrogen and oxygen atoms in total. The molecule has 30 heavy (non-hydrogen) atoms. The average Bonchev–Trinajstić information content (AvgIpc) is 2.74. The van der Waals surface area contributed by atoms with Crippen LogP contribution < -0.4 is 10.6 Å². The molecular weight excluding hydrogens is 409 g/mol. The zero-order valence-electron chi connectivity index (χ0n) is 17.7. The second-order valence-electron chi connectivity index (χ2n) is 6.32. The van der Waals surface area contributed by atoms with Gasteiger partial charge in [-0.15, -0.1) is 0 Å². The van der Waals surface area contributed by atoms with Gasteiger partial charge in [-0.25, -0.2) is 14.0 Å². The van der Waals surface area contributed by atoms with Crippen LogP contribution in [0.4, 0.5) is 4.39 Å². The van der Waals surface area contributed by atoms with Gasteiger partial charge in [0.05, 0.1) is 30.8 Å². The van der Waals surface area contributed by atoms with E-state index in [4.69, 9.17) is 9.47 Å². The molecule has 1 heterocycles. The molecule has 1 unspecified atom stereocenters. The number of nitrogens with one attached hydrogen (secondary N) is 2. The van der Waals surface area contributed by atoms with Gasteiger partial charge in [0.25, 0.3) is 0 Å². The fraction of sp³-hybridized carbons (Fsp3) is 0.381. The first-order chi connectivity index (χ1) is 14.4. The van der Waals surface area contributed by atoms with E-state index in [1.165, 1.54) is 31.0 Å². The number of carbonyl (C=O) groups excluding carboxylic acids is 2. The number of amidine groups is 1. The second kappa shape index (κ2) is 10.8. The molecule has 2 rings (SSSR count). The molecule has 0 aromatic heterocycles. The van der Waals surface area contributed by atoms with E-state index in [0.29, 0.717) is 27.9 Å². The Bertz CT molecular complexity index is 894. The molecule has 2 N–H and O–H groups in total. The number of methoxy groups -OCH3 is 1. The van der Waals surface area contributed by atoms with Crippen molar-refractivity contribution < 1.29 is 23.5 Å². The number of rotatable bonds is 6. The third kappa shape index (κ3) is 5.21. The third-order valence-corrected chi connectivity index (χ3v) is 5.61. The molecule has 0 aliphatic carbocycles. The third-order valence-electron chi connectivity index (χ3n) is 4.52. The van der Waals surface area contributed by atoms with E-state index < -0.39 is 23.7 Å². The van der Waals surface area contributed by atoms with Gasteiger partial charge in [-0.1, -0.05) is 23.9 Å². The van der Waals surface area contributed by atoms with Crippen LogP contribution in [0, 0.1) is 5.82 Å². The van der Waals surface area contributed by atoms with Crippen molar-refractivity contribution in [2.75, 3.05) is 33.6 Å². The van der Waals surface area contributed by atoms with E-state index in [1.54, 1.807) is 40.1 Å². The smallest absolute Gasteiger partial charge is 0.336 e. The lowest BCUT2D eigenvalue weighted by molar-refractivity contribution is -0.139. The zero-order valence-corrected chi connectivity index (χ0v) is 18.5. The summed E-state index contributed by atoms with van der Waals surface area (Å²) in [6.45, 7) is 3.62. The fourth-order valence-electron chi connectivity index (χ4n) is 3.22. The number of benzene rings is 1. The highest BCUT2D eigenvalue weighted by molar-refractivity contribution is 8.13. The molecule has 9 heteroatoms. The normalized spacial score (nSPS) is 16.9. The number of halogens is 1. The number of aliphatic imine (C=N–C) groups is 1. The lowest BCUT2D eigenvalue weighted by Gasteiger charge is -2.31. The SMILES string of the molecule is CCOC(=O)C1=C(CSC(=NC)NC)NC(C)=C(C(=O)OC)C1c1ccc(F)cc1. The molecule has 162 valence electrons. The van der Waals surface area contributed by atoms with Crippen molar-refractivity contribution in [1.29, 1.82) is 0 Å². The molecule has 1 atom stereocenters. The van der Waals surface area contributed by atoms with Crippen LogP contribution in [0.1, 0.15) is 25.3 Å². The quantitative estimate of drug-likeness (QED) is 0.403. The van der Waals surface area contributed by atoms with Crippen LogP contribution in [-0.2, 0) is 19.1 Å². The Hall–Kier alpha value is -2.81. The number of hydrogen-bond acceptors (Lipinski definition) is 7. The molecule has 0 amide bonds. The fourth-order valence-corrected chi connectivity index (χ4v) is 4.00. The van der Waals surface area contributed by atoms with Crippen LogP contribution >= 0.6 is 11.8 Å². The number of ether oxygens (including phenoxy) is 2. The van der Waals surface area contributed by atoms with Crippen molar-refractivity contribution in [1.82, 2.24) is 10.6 Å². The largest absolute Gasteiger partial charge is 0.466 e. The van der Waals surface area contributed by atoms with Gasteiger partial charge >= 0.3 is 11.9 Å². The molecule has 1 aromatic rings. The van der Waals surface area contributed by atoms with Crippen LogP contribution in [-0.4, -0.2) is 50.7 Å². The van der Waals surface area contributed by atoms with Gasteiger partial charge in [0, 0.05) is 31.2 Å². The van der Waals surface area contributed by atoms with E-state index in [-0.39, 0.29) is 17.8 Å². The molecule has 0 spiro atoms. The van der Waals surface area contributed by atoms with E-state index in [9.17, 15) is 14.0 Å². The van der Waals surface area contributed by atoms with Crippen molar-refractivity contribution in [3.05, 3.63) is 58.2 Å². The summed E-state index contributed by atoms with van der Waals surface area (Å²) in [5.74, 6) is -1.92. The van der Waals surface area contributed by atoms with Gasteiger partial charge in [-0.3, -0.25) is 4.99 Å². The van der Waals surface area contributed by atoms with Gasteiger partial charge in [0.1, 0.15) is 5.82 Å². The summed E-state index contributed by atoms with van der Waals surface area (Å²) in [7, 11) is 4.70. The topological polar surface area (TPSA) is 89.0 Å². The van der Waals surface area contributed by atoms with E-state index >= 15 is 0 Å². The highest BCUT2D eigenvalue weighted by Crippen LogP contribution is 2.40. The first kappa shape index (κ1) is 23.5. The molecule has 0 radical (unpaired) electrons. The Balaban J connectivity index is 2.65. The van der Waals surface area contributed by atoms with Crippen molar-refractivity contribution in [3.8, 4) is 0 Å². The average molecular weight is 436 g/mol. The van der Waals surface area contributed by atoms with Gasteiger partial charge in [0.15, 0.2) is 5.17 Å². The van der Waals surface area contributed by atoms with Crippen LogP contribution in [0.15, 0.2) is 51.8 Å². The zero-order chi connectivity index (χ0) is 22.3. The molecular formula is C21H26FN3O4S. The Labute approximate surface area is 179 Å². The molecule has 1 aliphatic rings. The summed E-state index contributed by atoms with van der Waals surface area (Å²) in [5.41, 5.74) is 2.29. The van der Waals surface area contributed by atoms with Crippen LogP contribution in [0.2, 0.25) is 0 Å².